The third-order valence-corrected chi connectivity index (χ3v) is 1.07. The van der Waals surface area contributed by atoms with Crippen molar-refractivity contribution in [1.29, 1.82) is 0 Å². The van der Waals surface area contributed by atoms with Gasteiger partial charge in [0.05, 0.1) is 6.61 Å². The molecule has 0 aliphatic heterocycles. The number of carbonyl (C=O) groups excluding carboxylic acids is 1. The van der Waals surface area contributed by atoms with Gasteiger partial charge in [0.25, 0.3) is 0 Å². The molecular weight excluding hydrogens is 164 g/mol. The van der Waals surface area contributed by atoms with Crippen LogP contribution in [0.25, 0.3) is 0 Å². The van der Waals surface area contributed by atoms with Crippen molar-refractivity contribution in [2.75, 3.05) is 6.61 Å². The highest BCUT2D eigenvalue weighted by Crippen LogP contribution is 1.96. The van der Waals surface area contributed by atoms with E-state index in [-0.39, 0.29) is 29.3 Å². The first-order chi connectivity index (χ1) is 4.63. The summed E-state index contributed by atoms with van der Waals surface area (Å²) in [5, 5.41) is 34.1. The zero-order valence-corrected chi connectivity index (χ0v) is 5.21. The van der Waals surface area contributed by atoms with Gasteiger partial charge in [-0.3, -0.25) is 0 Å². The van der Waals surface area contributed by atoms with Crippen molar-refractivity contribution in [2.24, 2.45) is 0 Å². The van der Waals surface area contributed by atoms with Crippen LogP contribution < -0.4 is 0 Å². The van der Waals surface area contributed by atoms with Crippen molar-refractivity contribution in [1.82, 2.24) is 0 Å². The van der Waals surface area contributed by atoms with Gasteiger partial charge in [-0.2, -0.15) is 0 Å². The molecule has 4 N–H and O–H groups in total. The predicted molar refractivity (Wildman–Crippen MR) is 39.7 cm³/mol. The molecule has 0 aliphatic carbocycles. The third kappa shape index (κ3) is 4.67. The maximum absolute atomic E-state index is 9.76. The first-order valence-electron chi connectivity index (χ1n) is 2.73. The van der Waals surface area contributed by atoms with Crippen molar-refractivity contribution >= 4 is 29.3 Å². The van der Waals surface area contributed by atoms with Gasteiger partial charge in [-0.25, -0.2) is 0 Å². The Labute approximate surface area is 79.8 Å². The summed E-state index contributed by atoms with van der Waals surface area (Å²) in [4.78, 5) is 9.76. The molecule has 6 heteroatoms. The van der Waals surface area contributed by atoms with Crippen LogP contribution in [0.3, 0.4) is 0 Å². The Morgan fingerprint density at radius 2 is 1.73 bits per heavy atom. The lowest BCUT2D eigenvalue weighted by molar-refractivity contribution is -0.127. The molecule has 0 radical (unpaired) electrons. The third-order valence-electron chi connectivity index (χ3n) is 1.07. The van der Waals surface area contributed by atoms with E-state index >= 15 is 0 Å². The van der Waals surface area contributed by atoms with Crippen molar-refractivity contribution in [3.63, 3.8) is 0 Å². The Bertz CT molecular complexity index is 109. The van der Waals surface area contributed by atoms with Gasteiger partial charge in [-0.15, -0.1) is 0 Å². The van der Waals surface area contributed by atoms with Gasteiger partial charge >= 0.3 is 23.1 Å². The molecule has 0 fully saturated rings. The van der Waals surface area contributed by atoms with E-state index in [2.05, 4.69) is 0 Å². The van der Waals surface area contributed by atoms with Crippen molar-refractivity contribution in [2.45, 2.75) is 18.3 Å². The highest BCUT2D eigenvalue weighted by atomic mass is 24.3. The highest BCUT2D eigenvalue weighted by Gasteiger charge is 2.22. The maximum atomic E-state index is 9.76. The quantitative estimate of drug-likeness (QED) is 0.262. The zero-order chi connectivity index (χ0) is 8.15. The van der Waals surface area contributed by atoms with Crippen LogP contribution in [-0.4, -0.2) is 74.7 Å². The molecule has 0 aromatic carbocycles. The van der Waals surface area contributed by atoms with Gasteiger partial charge in [-0.05, 0) is 0 Å². The average molecular weight is 176 g/mol. The van der Waals surface area contributed by atoms with Crippen LogP contribution in [0.2, 0.25) is 0 Å². The minimum Gasteiger partial charge on any atom is -0.394 e. The molecule has 0 amide bonds. The molecule has 0 aromatic rings. The fourth-order valence-corrected chi connectivity index (χ4v) is 0.416. The van der Waals surface area contributed by atoms with Gasteiger partial charge in [-0.1, -0.05) is 0 Å². The largest absolute Gasteiger partial charge is 0.394 e. The fourth-order valence-electron chi connectivity index (χ4n) is 0.416. The monoisotopic (exact) mass is 176 g/mol. The second kappa shape index (κ2) is 6.95. The van der Waals surface area contributed by atoms with E-state index < -0.39 is 24.9 Å². The number of carbonyl (C=O) groups is 1. The molecule has 0 saturated carbocycles. The van der Waals surface area contributed by atoms with Gasteiger partial charge in [0.15, 0.2) is 6.29 Å². The summed E-state index contributed by atoms with van der Waals surface area (Å²) in [6.45, 7) is -0.688. The Balaban J connectivity index is 0. The van der Waals surface area contributed by atoms with Crippen LogP contribution in [0.4, 0.5) is 0 Å². The van der Waals surface area contributed by atoms with E-state index in [1.54, 1.807) is 0 Å². The minimum atomic E-state index is -1.64. The van der Waals surface area contributed by atoms with Crippen LogP contribution in [0, 0.1) is 0 Å². The molecule has 0 aromatic heterocycles. The summed E-state index contributed by atoms with van der Waals surface area (Å²) in [5.74, 6) is 0. The topological polar surface area (TPSA) is 98.0 Å². The molecule has 0 heterocycles. The van der Waals surface area contributed by atoms with Gasteiger partial charge in [0, 0.05) is 0 Å². The number of aliphatic hydroxyl groups is 4. The lowest BCUT2D eigenvalue weighted by Gasteiger charge is -2.16. The van der Waals surface area contributed by atoms with Crippen molar-refractivity contribution in [3.05, 3.63) is 0 Å². The fraction of sp³-hybridized carbons (Fsp3) is 0.800. The number of hydrogen-bond donors (Lipinski definition) is 4. The van der Waals surface area contributed by atoms with E-state index in [0.29, 0.717) is 0 Å². The maximum Gasteiger partial charge on any atom is 0.316 e. The first-order valence-corrected chi connectivity index (χ1v) is 2.73. The minimum absolute atomic E-state index is 0. The molecule has 11 heavy (non-hydrogen) atoms. The van der Waals surface area contributed by atoms with Crippen LogP contribution >= 0.6 is 0 Å². The molecule has 0 rings (SSSR count). The van der Waals surface area contributed by atoms with Crippen molar-refractivity contribution in [3.8, 4) is 0 Å². The van der Waals surface area contributed by atoms with Gasteiger partial charge in [0.1, 0.15) is 18.3 Å². The number of hydrogen-bond acceptors (Lipinski definition) is 5. The number of aldehydes is 1. The number of aliphatic hydroxyl groups excluding tert-OH is 4. The van der Waals surface area contributed by atoms with E-state index in [1.807, 2.05) is 0 Å². The van der Waals surface area contributed by atoms with Crippen molar-refractivity contribution < 1.29 is 25.2 Å². The molecule has 0 spiro atoms. The summed E-state index contributed by atoms with van der Waals surface area (Å²) >= 11 is 0. The second-order valence-corrected chi connectivity index (χ2v) is 1.87. The predicted octanol–water partition coefficient (Wildman–Crippen LogP) is -3.66. The molecular formula is C5H12MgO5. The second-order valence-electron chi connectivity index (χ2n) is 1.87. The molecule has 3 atom stereocenters. The summed E-state index contributed by atoms with van der Waals surface area (Å²) in [7, 11) is 0. The summed E-state index contributed by atoms with van der Waals surface area (Å²) in [6, 6.07) is 0. The zero-order valence-electron chi connectivity index (χ0n) is 5.21. The number of rotatable bonds is 4. The molecule has 3 unspecified atom stereocenters. The van der Waals surface area contributed by atoms with Gasteiger partial charge < -0.3 is 25.2 Å². The molecule has 64 valence electrons. The molecule has 0 saturated heterocycles. The summed E-state index contributed by atoms with van der Waals surface area (Å²) in [5.41, 5.74) is 0. The van der Waals surface area contributed by atoms with E-state index in [0.717, 1.165) is 0 Å². The van der Waals surface area contributed by atoms with E-state index in [1.165, 1.54) is 0 Å². The Kier molecular flexibility index (Phi) is 8.75. The summed E-state index contributed by atoms with van der Waals surface area (Å²) in [6.07, 6.45) is -4.63. The molecule has 5 nitrogen and oxygen atoms in total. The lowest BCUT2D eigenvalue weighted by atomic mass is 10.1. The van der Waals surface area contributed by atoms with E-state index in [9.17, 15) is 4.79 Å². The van der Waals surface area contributed by atoms with Crippen LogP contribution in [-0.2, 0) is 4.79 Å². The summed E-state index contributed by atoms with van der Waals surface area (Å²) < 4.78 is 0. The Morgan fingerprint density at radius 3 is 2.00 bits per heavy atom. The average Bonchev–Trinajstić information content (AvgIpc) is 2.00. The van der Waals surface area contributed by atoms with Gasteiger partial charge in [0.2, 0.25) is 0 Å². The van der Waals surface area contributed by atoms with Crippen LogP contribution in [0.5, 0.6) is 0 Å². The Morgan fingerprint density at radius 1 is 1.27 bits per heavy atom. The SMILES string of the molecule is O=CC(O)C(O)C(O)CO.[MgH2]. The van der Waals surface area contributed by atoms with E-state index in [4.69, 9.17) is 20.4 Å². The normalized spacial score (nSPS) is 17.8. The highest BCUT2D eigenvalue weighted by molar-refractivity contribution is 5.75. The Hall–Kier alpha value is 0.276. The first kappa shape index (κ1) is 13.8. The molecule has 0 aliphatic rings. The standard InChI is InChI=1S/C5H10O5.Mg.2H/c6-1-3(8)5(10)4(9)2-7;;;/h1,3-5,7-10H,2H2;;;. The van der Waals surface area contributed by atoms with Crippen LogP contribution in [0.15, 0.2) is 0 Å². The lowest BCUT2D eigenvalue weighted by Crippen LogP contribution is -2.40. The molecule has 0 bridgehead atoms. The van der Waals surface area contributed by atoms with Crippen LogP contribution in [0.1, 0.15) is 0 Å². The smallest absolute Gasteiger partial charge is 0.316 e.